The van der Waals surface area contributed by atoms with E-state index in [1.165, 1.54) is 0 Å². The lowest BCUT2D eigenvalue weighted by Crippen LogP contribution is -2.26. The summed E-state index contributed by atoms with van der Waals surface area (Å²) in [5.74, 6) is 0.290. The fourth-order valence-corrected chi connectivity index (χ4v) is 1.56. The summed E-state index contributed by atoms with van der Waals surface area (Å²) in [4.78, 5) is 0. The van der Waals surface area contributed by atoms with Gasteiger partial charge in [0.1, 0.15) is 0 Å². The number of rotatable bonds is 3. The summed E-state index contributed by atoms with van der Waals surface area (Å²) >= 11 is 0. The molecule has 0 bridgehead atoms. The van der Waals surface area contributed by atoms with Crippen LogP contribution in [0.1, 0.15) is 13.8 Å². The van der Waals surface area contributed by atoms with Crippen LogP contribution in [0.25, 0.3) is 0 Å². The third-order valence-corrected chi connectivity index (χ3v) is 2.87. The highest BCUT2D eigenvalue weighted by Crippen LogP contribution is 1.90. The summed E-state index contributed by atoms with van der Waals surface area (Å²) in [6.07, 6.45) is 0. The lowest BCUT2D eigenvalue weighted by atomic mass is 10.4. The molecule has 3 nitrogen and oxygen atoms in total. The first-order valence-corrected chi connectivity index (χ1v) is 4.76. The molecule has 1 unspecified atom stereocenters. The van der Waals surface area contributed by atoms with Crippen LogP contribution in [0.4, 0.5) is 0 Å². The van der Waals surface area contributed by atoms with E-state index in [4.69, 9.17) is 5.73 Å². The molecule has 0 aliphatic heterocycles. The van der Waals surface area contributed by atoms with Gasteiger partial charge in [-0.2, -0.15) is 0 Å². The minimum absolute atomic E-state index is 0. The highest BCUT2D eigenvalue weighted by molar-refractivity contribution is 7.91. The Bertz CT molecular complexity index is 164. The molecule has 0 heterocycles. The van der Waals surface area contributed by atoms with Gasteiger partial charge in [0.2, 0.25) is 0 Å². The molecule has 64 valence electrons. The van der Waals surface area contributed by atoms with Crippen molar-refractivity contribution in [3.63, 3.8) is 0 Å². The number of sulfone groups is 1. The lowest BCUT2D eigenvalue weighted by Gasteiger charge is -2.02. The molecule has 0 aromatic rings. The first kappa shape index (κ1) is 12.8. The Morgan fingerprint density at radius 2 is 1.90 bits per heavy atom. The van der Waals surface area contributed by atoms with E-state index in [0.29, 0.717) is 0 Å². The number of hydrogen-bond acceptors (Lipinski definition) is 3. The van der Waals surface area contributed by atoms with Crippen LogP contribution in [0.2, 0.25) is 0 Å². The Morgan fingerprint density at radius 1 is 1.50 bits per heavy atom. The Labute approximate surface area is 68.3 Å². The molecule has 0 rings (SSSR count). The lowest BCUT2D eigenvalue weighted by molar-refractivity contribution is 0.591. The van der Waals surface area contributed by atoms with E-state index in [0.717, 1.165) is 0 Å². The van der Waals surface area contributed by atoms with Crippen molar-refractivity contribution in [2.45, 2.75) is 19.9 Å². The first-order chi connectivity index (χ1) is 3.98. The largest absolute Gasteiger partial charge is 0.327 e. The van der Waals surface area contributed by atoms with E-state index in [1.54, 1.807) is 13.8 Å². The van der Waals surface area contributed by atoms with Gasteiger partial charge in [-0.25, -0.2) is 8.42 Å². The van der Waals surface area contributed by atoms with Gasteiger partial charge in [0.15, 0.2) is 9.84 Å². The molecule has 0 saturated heterocycles. The van der Waals surface area contributed by atoms with E-state index in [9.17, 15) is 8.42 Å². The van der Waals surface area contributed by atoms with Crippen LogP contribution in [0.5, 0.6) is 0 Å². The van der Waals surface area contributed by atoms with Gasteiger partial charge in [-0.3, -0.25) is 0 Å². The summed E-state index contributed by atoms with van der Waals surface area (Å²) in [5.41, 5.74) is 5.27. The summed E-state index contributed by atoms with van der Waals surface area (Å²) in [5, 5.41) is 0. The molecule has 2 N–H and O–H groups in total. The zero-order valence-electron chi connectivity index (χ0n) is 6.20. The molecule has 5 heteroatoms. The maximum absolute atomic E-state index is 10.7. The van der Waals surface area contributed by atoms with Gasteiger partial charge in [0, 0.05) is 11.8 Å². The number of halogens is 1. The van der Waals surface area contributed by atoms with Gasteiger partial charge < -0.3 is 5.73 Å². The van der Waals surface area contributed by atoms with Crippen molar-refractivity contribution in [1.82, 2.24) is 0 Å². The molecule has 0 aromatic heterocycles. The van der Waals surface area contributed by atoms with Crippen molar-refractivity contribution >= 4 is 22.2 Å². The van der Waals surface area contributed by atoms with Gasteiger partial charge in [0.05, 0.1) is 5.75 Å². The molecule has 0 fully saturated rings. The van der Waals surface area contributed by atoms with E-state index in [2.05, 4.69) is 0 Å². The Balaban J connectivity index is 0. The van der Waals surface area contributed by atoms with Crippen LogP contribution in [0, 0.1) is 0 Å². The fourth-order valence-electron chi connectivity index (χ4n) is 0.518. The Kier molecular flexibility index (Phi) is 6.33. The predicted octanol–water partition coefficient (Wildman–Crippen LogP) is 0.190. The molecule has 0 radical (unpaired) electrons. The molecular formula is C5H14ClNO2S. The van der Waals surface area contributed by atoms with Gasteiger partial charge in [-0.1, -0.05) is 6.92 Å². The highest BCUT2D eigenvalue weighted by atomic mass is 35.5. The quantitative estimate of drug-likeness (QED) is 0.687. The van der Waals surface area contributed by atoms with Gasteiger partial charge in [-0.05, 0) is 6.92 Å². The standard InChI is InChI=1S/C5H13NO2S.ClH/c1-3-9(7,8)4-5(2)6;/h5H,3-4,6H2,1-2H3;1H. The molecule has 0 aliphatic rings. The fraction of sp³-hybridized carbons (Fsp3) is 1.00. The van der Waals surface area contributed by atoms with Crippen molar-refractivity contribution in [3.05, 3.63) is 0 Å². The molecule has 0 aromatic carbocycles. The molecule has 0 spiro atoms. The average Bonchev–Trinajstić information content (AvgIpc) is 1.63. The SMILES string of the molecule is CCS(=O)(=O)CC(C)N.Cl. The minimum atomic E-state index is -2.84. The van der Waals surface area contributed by atoms with Crippen LogP contribution in [-0.2, 0) is 9.84 Å². The van der Waals surface area contributed by atoms with Crippen LogP contribution < -0.4 is 5.73 Å². The van der Waals surface area contributed by atoms with Crippen LogP contribution in [-0.4, -0.2) is 26.0 Å². The normalized spacial score (nSPS) is 13.9. The zero-order chi connectivity index (χ0) is 7.49. The molecule has 0 saturated carbocycles. The van der Waals surface area contributed by atoms with Crippen LogP contribution in [0.15, 0.2) is 0 Å². The third-order valence-electron chi connectivity index (χ3n) is 0.957. The number of nitrogens with two attached hydrogens (primary N) is 1. The first-order valence-electron chi connectivity index (χ1n) is 2.94. The van der Waals surface area contributed by atoms with Gasteiger partial charge in [-0.15, -0.1) is 12.4 Å². The van der Waals surface area contributed by atoms with Crippen LogP contribution >= 0.6 is 12.4 Å². The van der Waals surface area contributed by atoms with Gasteiger partial charge >= 0.3 is 0 Å². The van der Waals surface area contributed by atoms with Crippen molar-refractivity contribution in [2.24, 2.45) is 5.73 Å². The van der Waals surface area contributed by atoms with Crippen molar-refractivity contribution in [3.8, 4) is 0 Å². The zero-order valence-corrected chi connectivity index (χ0v) is 7.83. The summed E-state index contributed by atoms with van der Waals surface area (Å²) < 4.78 is 21.5. The number of hydrogen-bond donors (Lipinski definition) is 1. The molecular weight excluding hydrogens is 174 g/mol. The molecule has 0 aliphatic carbocycles. The topological polar surface area (TPSA) is 60.2 Å². The van der Waals surface area contributed by atoms with Crippen molar-refractivity contribution in [2.75, 3.05) is 11.5 Å². The predicted molar refractivity (Wildman–Crippen MR) is 45.2 cm³/mol. The smallest absolute Gasteiger partial charge is 0.151 e. The average molecular weight is 188 g/mol. The van der Waals surface area contributed by atoms with Crippen molar-refractivity contribution in [1.29, 1.82) is 0 Å². The van der Waals surface area contributed by atoms with E-state index >= 15 is 0 Å². The molecule has 1 atom stereocenters. The Morgan fingerprint density at radius 3 is 2.00 bits per heavy atom. The van der Waals surface area contributed by atoms with Crippen LogP contribution in [0.3, 0.4) is 0 Å². The van der Waals surface area contributed by atoms with E-state index in [1.807, 2.05) is 0 Å². The minimum Gasteiger partial charge on any atom is -0.327 e. The molecule has 0 amide bonds. The third kappa shape index (κ3) is 6.32. The maximum Gasteiger partial charge on any atom is 0.151 e. The summed E-state index contributed by atoms with van der Waals surface area (Å²) in [6, 6.07) is -0.241. The summed E-state index contributed by atoms with van der Waals surface area (Å²) in [6.45, 7) is 3.31. The van der Waals surface area contributed by atoms with E-state index in [-0.39, 0.29) is 30.0 Å². The van der Waals surface area contributed by atoms with E-state index < -0.39 is 9.84 Å². The second kappa shape index (κ2) is 4.93. The second-order valence-corrected chi connectivity index (χ2v) is 4.57. The summed E-state index contributed by atoms with van der Waals surface area (Å²) in [7, 11) is -2.84. The maximum atomic E-state index is 10.7. The highest BCUT2D eigenvalue weighted by Gasteiger charge is 2.08. The second-order valence-electron chi connectivity index (χ2n) is 2.18. The monoisotopic (exact) mass is 187 g/mol. The molecule has 10 heavy (non-hydrogen) atoms. The van der Waals surface area contributed by atoms with Gasteiger partial charge in [0.25, 0.3) is 0 Å². The van der Waals surface area contributed by atoms with Crippen molar-refractivity contribution < 1.29 is 8.42 Å². The Hall–Kier alpha value is 0.200.